The lowest BCUT2D eigenvalue weighted by molar-refractivity contribution is -0.164. The number of ether oxygens (including phenoxy) is 3. The number of carbonyl (C=O) groups excluding carboxylic acids is 3. The van der Waals surface area contributed by atoms with Crippen LogP contribution in [0.15, 0.2) is 35.5 Å². The van der Waals surface area contributed by atoms with Crippen molar-refractivity contribution in [3.05, 3.63) is 35.5 Å². The molecule has 0 amide bonds. The lowest BCUT2D eigenvalue weighted by atomic mass is 9.75. The van der Waals surface area contributed by atoms with Crippen LogP contribution in [0.4, 0.5) is 0 Å². The fraction of sp³-hybridized carbons (Fsp3) is 0.839. The topological polar surface area (TPSA) is 200 Å². The normalized spacial score (nSPS) is 27.1. The number of unbranched alkanes of at least 4 members (excludes halogenated alkanes) is 12. The first-order valence-corrected chi connectivity index (χ1v) is 26.6. The molecule has 0 aromatic rings. The van der Waals surface area contributed by atoms with Gasteiger partial charge in [0.25, 0.3) is 0 Å². The van der Waals surface area contributed by atoms with E-state index < -0.39 is 77.7 Å². The van der Waals surface area contributed by atoms with E-state index in [1.165, 1.54) is 70.8 Å². The number of fused-ring (bicyclic) bond motifs is 2. The molecular weight excluding hydrogens is 865 g/mol. The van der Waals surface area contributed by atoms with Crippen LogP contribution in [0.25, 0.3) is 0 Å². The number of hydrogen-bond acceptors (Lipinski definition) is 12. The fourth-order valence-electron chi connectivity index (χ4n) is 10.1. The third-order valence-corrected chi connectivity index (χ3v) is 15.0. The van der Waals surface area contributed by atoms with E-state index in [2.05, 4.69) is 27.4 Å². The Morgan fingerprint density at radius 2 is 1.38 bits per heavy atom. The first-order valence-electron chi connectivity index (χ1n) is 26.6. The van der Waals surface area contributed by atoms with Crippen LogP contribution in [-0.2, 0) is 28.6 Å². The molecule has 6 N–H and O–H groups in total. The molecule has 68 heavy (non-hydrogen) atoms. The van der Waals surface area contributed by atoms with Crippen LogP contribution in [0.1, 0.15) is 217 Å². The number of esters is 2. The summed E-state index contributed by atoms with van der Waals surface area (Å²) in [5.74, 6) is -1.59. The monoisotopic (exact) mass is 963 g/mol. The van der Waals surface area contributed by atoms with Gasteiger partial charge >= 0.3 is 11.9 Å². The van der Waals surface area contributed by atoms with E-state index in [9.17, 15) is 45.0 Å². The second kappa shape index (κ2) is 31.1. The highest BCUT2D eigenvalue weighted by Gasteiger charge is 2.52. The number of allylic oxidation sites excluding steroid dienone is 1. The molecule has 12 nitrogen and oxygen atoms in total. The van der Waals surface area contributed by atoms with Crippen molar-refractivity contribution in [3.63, 3.8) is 0 Å². The van der Waals surface area contributed by atoms with Crippen LogP contribution in [-0.4, -0.2) is 109 Å². The van der Waals surface area contributed by atoms with E-state index in [0.717, 1.165) is 24.8 Å². The van der Waals surface area contributed by atoms with Crippen molar-refractivity contribution < 1.29 is 59.2 Å². The maximum absolute atomic E-state index is 13.1. The summed E-state index contributed by atoms with van der Waals surface area (Å²) in [6, 6.07) is 0. The van der Waals surface area contributed by atoms with Gasteiger partial charge in [0.1, 0.15) is 23.9 Å². The molecule has 2 bridgehead atoms. The lowest BCUT2D eigenvalue weighted by Gasteiger charge is -2.38. The molecule has 0 unspecified atom stereocenters. The standard InChI is InChI=1S/C56H98O12/c1-12-13-14-15-16-17-18-19-20-21-22-23-24-25-53(64)66-45(33-41(6)43(8)57)34-47(59)42(7)48(60)36-50(62)55(9,10)49(61)30-40(5)31-51(63)56(11)52-35-46(68-56)29-39(4)28-44(58)27-37(2)26-38(3)32-54(65)67-52/h31-32,37,39,42,44-52,58-63H,6,12-30,33-36H2,1-5,7-11H3/b38-32-,40-31+/t37-,39-,42-,44-,45-,46+,47-,48-,49-,50-,51+,52-,56+/m1/s1. The van der Waals surface area contributed by atoms with E-state index in [0.29, 0.717) is 44.1 Å². The van der Waals surface area contributed by atoms with Gasteiger partial charge in [-0.3, -0.25) is 9.59 Å². The molecule has 0 aliphatic carbocycles. The molecule has 0 radical (unpaired) electrons. The Kier molecular flexibility index (Phi) is 28.2. The Hall–Kier alpha value is -2.45. The Balaban J connectivity index is 1.98. The minimum atomic E-state index is -1.29. The average Bonchev–Trinajstić information content (AvgIpc) is 3.55. The van der Waals surface area contributed by atoms with Crippen LogP contribution in [0.3, 0.4) is 0 Å². The van der Waals surface area contributed by atoms with Crippen LogP contribution in [0, 0.1) is 23.2 Å². The van der Waals surface area contributed by atoms with Gasteiger partial charge < -0.3 is 44.8 Å². The van der Waals surface area contributed by atoms with Crippen molar-refractivity contribution >= 4 is 17.7 Å². The largest absolute Gasteiger partial charge is 0.462 e. The molecule has 0 aromatic carbocycles. The van der Waals surface area contributed by atoms with Gasteiger partial charge in [-0.25, -0.2) is 4.79 Å². The van der Waals surface area contributed by atoms with Crippen molar-refractivity contribution in [3.8, 4) is 0 Å². The Morgan fingerprint density at radius 3 is 1.96 bits per heavy atom. The fourth-order valence-corrected chi connectivity index (χ4v) is 10.1. The van der Waals surface area contributed by atoms with Crippen molar-refractivity contribution in [2.75, 3.05) is 0 Å². The smallest absolute Gasteiger partial charge is 0.331 e. The zero-order chi connectivity index (χ0) is 51.2. The lowest BCUT2D eigenvalue weighted by Crippen LogP contribution is -2.48. The van der Waals surface area contributed by atoms with Crippen molar-refractivity contribution in [1.29, 1.82) is 0 Å². The Labute approximate surface area is 411 Å². The van der Waals surface area contributed by atoms with E-state index in [4.69, 9.17) is 14.2 Å². The summed E-state index contributed by atoms with van der Waals surface area (Å²) in [5, 5.41) is 68.1. The highest BCUT2D eigenvalue weighted by atomic mass is 16.6. The van der Waals surface area contributed by atoms with E-state index in [-0.39, 0.29) is 61.4 Å². The first-order chi connectivity index (χ1) is 31.9. The number of carbonyl (C=O) groups is 3. The minimum Gasteiger partial charge on any atom is -0.462 e. The highest BCUT2D eigenvalue weighted by Crippen LogP contribution is 2.41. The summed E-state index contributed by atoms with van der Waals surface area (Å²) in [5.41, 5.74) is -0.700. The van der Waals surface area contributed by atoms with Gasteiger partial charge in [0, 0.05) is 49.5 Å². The number of ketones is 1. The molecule has 0 spiro atoms. The number of aliphatic hydroxyl groups is 6. The van der Waals surface area contributed by atoms with Crippen LogP contribution in [0.5, 0.6) is 0 Å². The van der Waals surface area contributed by atoms with E-state index >= 15 is 0 Å². The van der Waals surface area contributed by atoms with Gasteiger partial charge in [-0.05, 0) is 83.6 Å². The molecule has 2 aliphatic rings. The predicted molar refractivity (Wildman–Crippen MR) is 270 cm³/mol. The summed E-state index contributed by atoms with van der Waals surface area (Å²) in [6.45, 7) is 22.0. The van der Waals surface area contributed by atoms with Crippen LogP contribution >= 0.6 is 0 Å². The molecule has 0 aromatic heterocycles. The maximum atomic E-state index is 13.1. The maximum Gasteiger partial charge on any atom is 0.331 e. The summed E-state index contributed by atoms with van der Waals surface area (Å²) < 4.78 is 18.3. The summed E-state index contributed by atoms with van der Waals surface area (Å²) in [6.07, 6.45) is 13.4. The quantitative estimate of drug-likeness (QED) is 0.0173. The third kappa shape index (κ3) is 22.3. The van der Waals surface area contributed by atoms with Gasteiger partial charge in [-0.15, -0.1) is 0 Å². The molecule has 12 heteroatoms. The Bertz CT molecular complexity index is 1570. The molecule has 1 fully saturated rings. The second-order valence-electron chi connectivity index (χ2n) is 22.3. The molecule has 394 valence electrons. The molecule has 13 atom stereocenters. The van der Waals surface area contributed by atoms with E-state index in [1.54, 1.807) is 40.7 Å². The zero-order valence-electron chi connectivity index (χ0n) is 44.2. The predicted octanol–water partition coefficient (Wildman–Crippen LogP) is 10.1. The summed E-state index contributed by atoms with van der Waals surface area (Å²) in [4.78, 5) is 38.1. The van der Waals surface area contributed by atoms with Gasteiger partial charge in [0.15, 0.2) is 5.78 Å². The van der Waals surface area contributed by atoms with Crippen molar-refractivity contribution in [2.24, 2.45) is 23.2 Å². The minimum absolute atomic E-state index is 0.0372. The van der Waals surface area contributed by atoms with Gasteiger partial charge in [0.2, 0.25) is 0 Å². The summed E-state index contributed by atoms with van der Waals surface area (Å²) >= 11 is 0. The van der Waals surface area contributed by atoms with Gasteiger partial charge in [-0.2, -0.15) is 0 Å². The summed E-state index contributed by atoms with van der Waals surface area (Å²) in [7, 11) is 0. The zero-order valence-corrected chi connectivity index (χ0v) is 44.2. The van der Waals surface area contributed by atoms with Crippen molar-refractivity contribution in [2.45, 2.75) is 277 Å². The molecule has 2 rings (SSSR count). The molecule has 2 heterocycles. The number of Topliss-reactive ketones (excluding diaryl/α,β-unsaturated/α-hetero) is 1. The SMILES string of the molecule is C=C(C[C@H](C[C@@H](O)[C@@H](C)[C@H](O)C[C@@H](O)C(C)(C)[C@H](O)C/C(C)=C/[C@H](O)[C@]1(C)O[C@H]2C[C@H](C)C[C@H](O)C[C@H](C)C/C(C)=C\C(=O)O[C@@H]1C2)OC(=O)CCCCCCCCCCCCCCC)C(C)=O. The molecule has 0 saturated carbocycles. The number of hydrogen-bond donors (Lipinski definition) is 6. The van der Waals surface area contributed by atoms with E-state index in [1.807, 2.05) is 6.92 Å². The average molecular weight is 963 g/mol. The van der Waals surface area contributed by atoms with Crippen molar-refractivity contribution in [1.82, 2.24) is 0 Å². The van der Waals surface area contributed by atoms with Crippen LogP contribution in [0.2, 0.25) is 0 Å². The third-order valence-electron chi connectivity index (χ3n) is 15.0. The highest BCUT2D eigenvalue weighted by molar-refractivity contribution is 5.92. The first kappa shape index (κ1) is 61.7. The van der Waals surface area contributed by atoms with Crippen LogP contribution < -0.4 is 0 Å². The van der Waals surface area contributed by atoms with Gasteiger partial charge in [0.05, 0.1) is 36.6 Å². The molecular formula is C56H98O12. The molecule has 1 saturated heterocycles. The number of rotatable bonds is 30. The van der Waals surface area contributed by atoms with Gasteiger partial charge in [-0.1, -0.05) is 142 Å². The Morgan fingerprint density at radius 1 is 0.838 bits per heavy atom. The molecule has 2 aliphatic heterocycles. The second-order valence-corrected chi connectivity index (χ2v) is 22.3. The number of aliphatic hydroxyl groups excluding tert-OH is 6.